The molecule has 0 aliphatic heterocycles. The summed E-state index contributed by atoms with van der Waals surface area (Å²) in [6.45, 7) is 7.28. The standard InChI is InChI=1S/C28H40N2O5/c1-4-7-18-25(22-31)30(28(32)33)29(21-27(34-5-2)35-6-3)20-19-26(23-14-10-8-11-15-23)24-16-12-9-13-17-24/h8-17,22,25-27H,4-7,18-21H2,1-3H3,(H,32,33). The van der Waals surface area contributed by atoms with Gasteiger partial charge in [-0.3, -0.25) is 0 Å². The summed E-state index contributed by atoms with van der Waals surface area (Å²) in [6.07, 6.45) is 1.75. The van der Waals surface area contributed by atoms with Crippen molar-refractivity contribution in [2.45, 2.75) is 64.7 Å². The van der Waals surface area contributed by atoms with Crippen molar-refractivity contribution >= 4 is 12.4 Å². The summed E-state index contributed by atoms with van der Waals surface area (Å²) in [5, 5.41) is 13.1. The Kier molecular flexibility index (Phi) is 13.0. The Morgan fingerprint density at radius 2 is 1.46 bits per heavy atom. The van der Waals surface area contributed by atoms with Gasteiger partial charge in [-0.1, -0.05) is 80.4 Å². The Hall–Kier alpha value is -2.74. The molecule has 0 bridgehead atoms. The molecule has 2 aromatic rings. The maximum Gasteiger partial charge on any atom is 0.422 e. The lowest BCUT2D eigenvalue weighted by molar-refractivity contribution is -0.174. The van der Waals surface area contributed by atoms with Gasteiger partial charge in [0.15, 0.2) is 6.29 Å². The van der Waals surface area contributed by atoms with Crippen LogP contribution in [-0.2, 0) is 14.3 Å². The lowest BCUT2D eigenvalue weighted by Gasteiger charge is -2.38. The van der Waals surface area contributed by atoms with Crippen molar-refractivity contribution in [3.8, 4) is 0 Å². The number of hydrogen-bond donors (Lipinski definition) is 1. The number of carbonyl (C=O) groups is 2. The van der Waals surface area contributed by atoms with Crippen LogP contribution in [0.15, 0.2) is 60.7 Å². The lowest BCUT2D eigenvalue weighted by atomic mass is 9.88. The highest BCUT2D eigenvalue weighted by molar-refractivity contribution is 5.71. The monoisotopic (exact) mass is 484 g/mol. The first kappa shape index (κ1) is 28.5. The zero-order chi connectivity index (χ0) is 25.5. The van der Waals surface area contributed by atoms with Gasteiger partial charge < -0.3 is 19.4 Å². The first-order chi connectivity index (χ1) is 17.0. The molecule has 2 rings (SSSR count). The van der Waals surface area contributed by atoms with Crippen LogP contribution in [-0.4, -0.2) is 66.1 Å². The molecule has 0 radical (unpaired) electrons. The van der Waals surface area contributed by atoms with Crippen molar-refractivity contribution in [3.63, 3.8) is 0 Å². The SMILES string of the molecule is CCCCC(C=O)N(C(=O)O)N(CCC(c1ccccc1)c1ccccc1)CC(OCC)OCC. The van der Waals surface area contributed by atoms with Crippen molar-refractivity contribution in [2.24, 2.45) is 0 Å². The van der Waals surface area contributed by atoms with Crippen LogP contribution in [0, 0.1) is 0 Å². The molecule has 0 aromatic heterocycles. The number of nitrogens with zero attached hydrogens (tertiary/aromatic N) is 2. The molecular formula is C28H40N2O5. The van der Waals surface area contributed by atoms with Gasteiger partial charge in [-0.2, -0.15) is 0 Å². The predicted molar refractivity (Wildman–Crippen MR) is 137 cm³/mol. The number of amides is 1. The Morgan fingerprint density at radius 3 is 1.89 bits per heavy atom. The largest absolute Gasteiger partial charge is 0.464 e. The first-order valence-corrected chi connectivity index (χ1v) is 12.6. The highest BCUT2D eigenvalue weighted by Gasteiger charge is 2.31. The molecular weight excluding hydrogens is 444 g/mol. The number of hydrogen-bond acceptors (Lipinski definition) is 5. The van der Waals surface area contributed by atoms with Gasteiger partial charge in [-0.15, -0.1) is 0 Å². The molecule has 1 atom stereocenters. The van der Waals surface area contributed by atoms with Gasteiger partial charge in [-0.05, 0) is 37.8 Å². The van der Waals surface area contributed by atoms with E-state index in [0.717, 1.165) is 30.3 Å². The minimum absolute atomic E-state index is 0.0681. The molecule has 0 saturated carbocycles. The minimum Gasteiger partial charge on any atom is -0.464 e. The third-order valence-corrected chi connectivity index (χ3v) is 5.97. The van der Waals surface area contributed by atoms with E-state index in [1.807, 2.05) is 57.2 Å². The molecule has 0 heterocycles. The lowest BCUT2D eigenvalue weighted by Crippen LogP contribution is -2.55. The van der Waals surface area contributed by atoms with Crippen LogP contribution in [0.5, 0.6) is 0 Å². The van der Waals surface area contributed by atoms with Gasteiger partial charge in [0.1, 0.15) is 12.3 Å². The van der Waals surface area contributed by atoms with Gasteiger partial charge in [-0.25, -0.2) is 14.8 Å². The van der Waals surface area contributed by atoms with Crippen molar-refractivity contribution in [3.05, 3.63) is 71.8 Å². The van der Waals surface area contributed by atoms with E-state index in [4.69, 9.17) is 9.47 Å². The van der Waals surface area contributed by atoms with E-state index in [-0.39, 0.29) is 12.5 Å². The summed E-state index contributed by atoms with van der Waals surface area (Å²) in [5.41, 5.74) is 2.31. The molecule has 0 saturated heterocycles. The highest BCUT2D eigenvalue weighted by atomic mass is 16.7. The van der Waals surface area contributed by atoms with Crippen LogP contribution in [0.3, 0.4) is 0 Å². The summed E-state index contributed by atoms with van der Waals surface area (Å²) in [4.78, 5) is 24.4. The van der Waals surface area contributed by atoms with Crippen LogP contribution < -0.4 is 0 Å². The molecule has 2 aromatic carbocycles. The maximum atomic E-state index is 12.4. The van der Waals surface area contributed by atoms with Gasteiger partial charge in [0.25, 0.3) is 0 Å². The summed E-state index contributed by atoms with van der Waals surface area (Å²) >= 11 is 0. The van der Waals surface area contributed by atoms with Crippen molar-refractivity contribution in [1.29, 1.82) is 0 Å². The van der Waals surface area contributed by atoms with Crippen LogP contribution >= 0.6 is 0 Å². The molecule has 0 aliphatic rings. The van der Waals surface area contributed by atoms with Gasteiger partial charge in [0.2, 0.25) is 0 Å². The van der Waals surface area contributed by atoms with Gasteiger partial charge in [0.05, 0.1) is 6.54 Å². The second-order valence-electron chi connectivity index (χ2n) is 8.39. The van der Waals surface area contributed by atoms with Crippen molar-refractivity contribution in [1.82, 2.24) is 10.0 Å². The van der Waals surface area contributed by atoms with E-state index in [1.165, 1.54) is 5.01 Å². The Balaban J connectivity index is 2.37. The molecule has 0 aliphatic carbocycles. The highest BCUT2D eigenvalue weighted by Crippen LogP contribution is 2.29. The molecule has 0 fully saturated rings. The fourth-order valence-corrected chi connectivity index (χ4v) is 4.29. The second kappa shape index (κ2) is 16.0. The average molecular weight is 485 g/mol. The second-order valence-corrected chi connectivity index (χ2v) is 8.39. The number of carboxylic acid groups (broad SMARTS) is 1. The predicted octanol–water partition coefficient (Wildman–Crippen LogP) is 5.56. The topological polar surface area (TPSA) is 79.3 Å². The number of carbonyl (C=O) groups excluding carboxylic acids is 1. The fourth-order valence-electron chi connectivity index (χ4n) is 4.29. The van der Waals surface area contributed by atoms with Crippen molar-refractivity contribution in [2.75, 3.05) is 26.3 Å². The van der Waals surface area contributed by atoms with Crippen molar-refractivity contribution < 1.29 is 24.2 Å². The number of aldehydes is 1. The van der Waals surface area contributed by atoms with Crippen LogP contribution in [0.4, 0.5) is 4.79 Å². The zero-order valence-electron chi connectivity index (χ0n) is 21.2. The van der Waals surface area contributed by atoms with Crippen LogP contribution in [0.1, 0.15) is 63.5 Å². The molecule has 7 heteroatoms. The molecule has 7 nitrogen and oxygen atoms in total. The zero-order valence-corrected chi connectivity index (χ0v) is 21.2. The van der Waals surface area contributed by atoms with E-state index in [1.54, 1.807) is 5.01 Å². The van der Waals surface area contributed by atoms with Gasteiger partial charge in [0, 0.05) is 25.7 Å². The summed E-state index contributed by atoms with van der Waals surface area (Å²) in [5.74, 6) is 0.0681. The van der Waals surface area contributed by atoms with E-state index in [2.05, 4.69) is 24.3 Å². The Bertz CT molecular complexity index is 803. The number of benzene rings is 2. The minimum atomic E-state index is -1.15. The normalized spacial score (nSPS) is 12.3. The molecule has 0 spiro atoms. The molecule has 1 unspecified atom stereocenters. The van der Waals surface area contributed by atoms with E-state index in [9.17, 15) is 14.7 Å². The Morgan fingerprint density at radius 1 is 0.914 bits per heavy atom. The van der Waals surface area contributed by atoms with E-state index >= 15 is 0 Å². The number of ether oxygens (including phenoxy) is 2. The van der Waals surface area contributed by atoms with E-state index in [0.29, 0.717) is 32.6 Å². The van der Waals surface area contributed by atoms with Gasteiger partial charge >= 0.3 is 6.09 Å². The molecule has 35 heavy (non-hydrogen) atoms. The quantitative estimate of drug-likeness (QED) is 0.180. The fraction of sp³-hybridized carbons (Fsp3) is 0.500. The number of hydrazine groups is 1. The van der Waals surface area contributed by atoms with E-state index < -0.39 is 18.4 Å². The average Bonchev–Trinajstić information content (AvgIpc) is 2.87. The summed E-state index contributed by atoms with van der Waals surface area (Å²) < 4.78 is 11.5. The first-order valence-electron chi connectivity index (χ1n) is 12.6. The van der Waals surface area contributed by atoms with Crippen LogP contribution in [0.25, 0.3) is 0 Å². The smallest absolute Gasteiger partial charge is 0.422 e. The molecule has 1 amide bonds. The summed E-state index contributed by atoms with van der Waals surface area (Å²) in [6, 6.07) is 19.6. The Labute approximate surface area is 209 Å². The third-order valence-electron chi connectivity index (χ3n) is 5.97. The third kappa shape index (κ3) is 9.09. The van der Waals surface area contributed by atoms with Crippen LogP contribution in [0.2, 0.25) is 0 Å². The molecule has 192 valence electrons. The number of rotatable bonds is 17. The maximum absolute atomic E-state index is 12.4. The summed E-state index contributed by atoms with van der Waals surface area (Å²) in [7, 11) is 0. The number of unbranched alkanes of at least 4 members (excludes halogenated alkanes) is 1. The molecule has 1 N–H and O–H groups in total.